The molecule has 2 aromatic carbocycles. The summed E-state index contributed by atoms with van der Waals surface area (Å²) in [5.41, 5.74) is 3.27. The first-order chi connectivity index (χ1) is 10.9. The highest BCUT2D eigenvalue weighted by atomic mass is 32.2. The van der Waals surface area contributed by atoms with Crippen LogP contribution in [0.25, 0.3) is 11.0 Å². The Morgan fingerprint density at radius 2 is 1.78 bits per heavy atom. The van der Waals surface area contributed by atoms with Crippen molar-refractivity contribution in [2.45, 2.75) is 24.7 Å². The van der Waals surface area contributed by atoms with E-state index in [0.717, 1.165) is 5.52 Å². The van der Waals surface area contributed by atoms with Crippen LogP contribution in [0.1, 0.15) is 25.3 Å². The molecule has 1 N–H and O–H groups in total. The number of hydrogen-bond acceptors (Lipinski definition) is 3. The van der Waals surface area contributed by atoms with Crippen molar-refractivity contribution in [1.29, 1.82) is 0 Å². The first-order valence-electron chi connectivity index (χ1n) is 7.41. The van der Waals surface area contributed by atoms with Crippen molar-refractivity contribution in [3.63, 3.8) is 0 Å². The SMILES string of the molecule is CC(C)c1ccc(NS(=O)(=O)c2ccc3c(c2)ncn3C)cc1. The average molecular weight is 329 g/mol. The Morgan fingerprint density at radius 1 is 1.09 bits per heavy atom. The monoisotopic (exact) mass is 329 g/mol. The van der Waals surface area contributed by atoms with Gasteiger partial charge in [-0.25, -0.2) is 13.4 Å². The summed E-state index contributed by atoms with van der Waals surface area (Å²) in [5, 5.41) is 0. The van der Waals surface area contributed by atoms with Gasteiger partial charge in [0, 0.05) is 12.7 Å². The largest absolute Gasteiger partial charge is 0.334 e. The number of nitrogens with one attached hydrogen (secondary N) is 1. The molecule has 0 bridgehead atoms. The van der Waals surface area contributed by atoms with Crippen molar-refractivity contribution in [2.75, 3.05) is 4.72 Å². The molecule has 1 heterocycles. The molecule has 0 atom stereocenters. The summed E-state index contributed by atoms with van der Waals surface area (Å²) in [5.74, 6) is 0.409. The minimum atomic E-state index is -3.63. The van der Waals surface area contributed by atoms with Crippen molar-refractivity contribution < 1.29 is 8.42 Å². The molecule has 23 heavy (non-hydrogen) atoms. The van der Waals surface area contributed by atoms with Crippen molar-refractivity contribution in [1.82, 2.24) is 9.55 Å². The summed E-state index contributed by atoms with van der Waals surface area (Å²) in [4.78, 5) is 4.41. The number of sulfonamides is 1. The molecular formula is C17H19N3O2S. The highest BCUT2D eigenvalue weighted by molar-refractivity contribution is 7.92. The molecule has 1 aromatic heterocycles. The number of rotatable bonds is 4. The highest BCUT2D eigenvalue weighted by Gasteiger charge is 2.16. The van der Waals surface area contributed by atoms with Gasteiger partial charge in [0.15, 0.2) is 0 Å². The molecule has 0 saturated heterocycles. The van der Waals surface area contributed by atoms with Crippen molar-refractivity contribution in [3.05, 3.63) is 54.4 Å². The van der Waals surface area contributed by atoms with Crippen LogP contribution >= 0.6 is 0 Å². The second-order valence-corrected chi connectivity index (χ2v) is 7.57. The van der Waals surface area contributed by atoms with Crippen LogP contribution in [0.5, 0.6) is 0 Å². The van der Waals surface area contributed by atoms with Crippen LogP contribution in [0.3, 0.4) is 0 Å². The van der Waals surface area contributed by atoms with Gasteiger partial charge in [0.25, 0.3) is 10.0 Å². The van der Waals surface area contributed by atoms with E-state index in [1.165, 1.54) is 5.56 Å². The first-order valence-corrected chi connectivity index (χ1v) is 8.89. The van der Waals surface area contributed by atoms with Gasteiger partial charge in [-0.05, 0) is 41.8 Å². The van der Waals surface area contributed by atoms with Crippen LogP contribution in [-0.2, 0) is 17.1 Å². The molecular weight excluding hydrogens is 310 g/mol. The Kier molecular flexibility index (Phi) is 3.85. The average Bonchev–Trinajstić information content (AvgIpc) is 2.88. The molecule has 0 aliphatic rings. The number of benzene rings is 2. The van der Waals surface area contributed by atoms with E-state index >= 15 is 0 Å². The number of anilines is 1. The van der Waals surface area contributed by atoms with Gasteiger partial charge in [-0.3, -0.25) is 4.72 Å². The molecule has 0 spiro atoms. The van der Waals surface area contributed by atoms with Gasteiger partial charge >= 0.3 is 0 Å². The second-order valence-electron chi connectivity index (χ2n) is 5.89. The molecule has 0 amide bonds. The van der Waals surface area contributed by atoms with E-state index < -0.39 is 10.0 Å². The second kappa shape index (κ2) is 5.70. The van der Waals surface area contributed by atoms with Gasteiger partial charge in [0.2, 0.25) is 0 Å². The zero-order valence-corrected chi connectivity index (χ0v) is 14.1. The molecule has 120 valence electrons. The van der Waals surface area contributed by atoms with E-state index in [1.54, 1.807) is 36.7 Å². The molecule has 0 aliphatic heterocycles. The summed E-state index contributed by atoms with van der Waals surface area (Å²) in [6.45, 7) is 4.20. The van der Waals surface area contributed by atoms with Gasteiger partial charge in [-0.1, -0.05) is 26.0 Å². The topological polar surface area (TPSA) is 64.0 Å². The Hall–Kier alpha value is -2.34. The molecule has 3 rings (SSSR count). The van der Waals surface area contributed by atoms with E-state index in [1.807, 2.05) is 23.7 Å². The molecule has 0 radical (unpaired) electrons. The van der Waals surface area contributed by atoms with E-state index in [2.05, 4.69) is 23.6 Å². The molecule has 0 aliphatic carbocycles. The summed E-state index contributed by atoms with van der Waals surface area (Å²) < 4.78 is 29.5. The molecule has 0 unspecified atom stereocenters. The third-order valence-electron chi connectivity index (χ3n) is 3.84. The Bertz CT molecular complexity index is 942. The van der Waals surface area contributed by atoms with Crippen LogP contribution < -0.4 is 4.72 Å². The zero-order chi connectivity index (χ0) is 16.6. The van der Waals surface area contributed by atoms with E-state index in [4.69, 9.17) is 0 Å². The molecule has 5 nitrogen and oxygen atoms in total. The lowest BCUT2D eigenvalue weighted by atomic mass is 10.0. The number of imidazole rings is 1. The quantitative estimate of drug-likeness (QED) is 0.797. The fourth-order valence-corrected chi connectivity index (χ4v) is 3.51. The Labute approximate surface area is 136 Å². The number of aromatic nitrogens is 2. The van der Waals surface area contributed by atoms with E-state index in [9.17, 15) is 8.42 Å². The van der Waals surface area contributed by atoms with Crippen LogP contribution in [0, 0.1) is 0 Å². The van der Waals surface area contributed by atoms with Crippen LogP contribution in [0.15, 0.2) is 53.7 Å². The van der Waals surface area contributed by atoms with Gasteiger partial charge in [-0.2, -0.15) is 0 Å². The van der Waals surface area contributed by atoms with Crippen LogP contribution in [0.2, 0.25) is 0 Å². The van der Waals surface area contributed by atoms with Crippen molar-refractivity contribution in [3.8, 4) is 0 Å². The van der Waals surface area contributed by atoms with Gasteiger partial charge < -0.3 is 4.57 Å². The van der Waals surface area contributed by atoms with Crippen molar-refractivity contribution in [2.24, 2.45) is 7.05 Å². The van der Waals surface area contributed by atoms with Gasteiger partial charge in [0.1, 0.15) is 0 Å². The number of nitrogens with zero attached hydrogens (tertiary/aromatic N) is 2. The number of fused-ring (bicyclic) bond motifs is 1. The maximum absolute atomic E-state index is 12.5. The van der Waals surface area contributed by atoms with Gasteiger partial charge in [0.05, 0.1) is 22.3 Å². The number of aryl methyl sites for hydroxylation is 1. The zero-order valence-electron chi connectivity index (χ0n) is 13.3. The van der Waals surface area contributed by atoms with E-state index in [0.29, 0.717) is 17.1 Å². The lowest BCUT2D eigenvalue weighted by Gasteiger charge is -2.10. The summed E-state index contributed by atoms with van der Waals surface area (Å²) in [6, 6.07) is 12.4. The molecule has 0 saturated carbocycles. The predicted octanol–water partition coefficient (Wildman–Crippen LogP) is 3.50. The minimum absolute atomic E-state index is 0.205. The maximum Gasteiger partial charge on any atom is 0.261 e. The predicted molar refractivity (Wildman–Crippen MR) is 92.1 cm³/mol. The summed E-state index contributed by atoms with van der Waals surface area (Å²) in [7, 11) is -1.75. The summed E-state index contributed by atoms with van der Waals surface area (Å²) >= 11 is 0. The lowest BCUT2D eigenvalue weighted by Crippen LogP contribution is -2.13. The molecule has 6 heteroatoms. The summed E-state index contributed by atoms with van der Waals surface area (Å²) in [6.07, 6.45) is 1.67. The Balaban J connectivity index is 1.90. The van der Waals surface area contributed by atoms with Crippen LogP contribution in [0.4, 0.5) is 5.69 Å². The maximum atomic E-state index is 12.5. The standard InChI is InChI=1S/C17H19N3O2S/c1-12(2)13-4-6-14(7-5-13)19-23(21,22)15-8-9-17-16(10-15)18-11-20(17)3/h4-12,19H,1-3H3. The normalized spacial score (nSPS) is 12.0. The Morgan fingerprint density at radius 3 is 2.43 bits per heavy atom. The van der Waals surface area contributed by atoms with Gasteiger partial charge in [-0.15, -0.1) is 0 Å². The van der Waals surface area contributed by atoms with Crippen LogP contribution in [-0.4, -0.2) is 18.0 Å². The minimum Gasteiger partial charge on any atom is -0.334 e. The molecule has 0 fully saturated rings. The fraction of sp³-hybridized carbons (Fsp3) is 0.235. The highest BCUT2D eigenvalue weighted by Crippen LogP contribution is 2.22. The van der Waals surface area contributed by atoms with E-state index in [-0.39, 0.29) is 4.90 Å². The smallest absolute Gasteiger partial charge is 0.261 e. The van der Waals surface area contributed by atoms with Crippen molar-refractivity contribution >= 4 is 26.7 Å². The fourth-order valence-electron chi connectivity index (χ4n) is 2.43. The first kappa shape index (κ1) is 15.6. The third kappa shape index (κ3) is 3.07. The third-order valence-corrected chi connectivity index (χ3v) is 5.22. The molecule has 3 aromatic rings. The lowest BCUT2D eigenvalue weighted by molar-refractivity contribution is 0.601. The number of hydrogen-bond donors (Lipinski definition) is 1.